The summed E-state index contributed by atoms with van der Waals surface area (Å²) in [6.07, 6.45) is -3.09. The lowest BCUT2D eigenvalue weighted by atomic mass is 10.0. The number of thioether (sulfide) groups is 1. The van der Waals surface area contributed by atoms with Crippen molar-refractivity contribution in [1.29, 1.82) is 0 Å². The van der Waals surface area contributed by atoms with Crippen molar-refractivity contribution in [3.05, 3.63) is 65.7 Å². The number of likely N-dealkylation sites (tertiary alicyclic amines) is 1. The van der Waals surface area contributed by atoms with Crippen molar-refractivity contribution in [2.45, 2.75) is 30.0 Å². The Morgan fingerprint density at radius 3 is 2.38 bits per heavy atom. The van der Waals surface area contributed by atoms with E-state index in [0.29, 0.717) is 36.4 Å². The molecule has 29 heavy (non-hydrogen) atoms. The third-order valence-corrected chi connectivity index (χ3v) is 5.72. The second kappa shape index (κ2) is 9.35. The lowest BCUT2D eigenvalue weighted by molar-refractivity contribution is -0.137. The minimum Gasteiger partial charge on any atom is -0.349 e. The van der Waals surface area contributed by atoms with Gasteiger partial charge in [0.2, 0.25) is 5.91 Å². The van der Waals surface area contributed by atoms with Gasteiger partial charge in [0.05, 0.1) is 11.3 Å². The highest BCUT2D eigenvalue weighted by Crippen LogP contribution is 2.32. The van der Waals surface area contributed by atoms with Crippen LogP contribution in [0.5, 0.6) is 0 Å². The van der Waals surface area contributed by atoms with Gasteiger partial charge in [-0.2, -0.15) is 13.2 Å². The van der Waals surface area contributed by atoms with Gasteiger partial charge in [-0.05, 0) is 43.2 Å². The maximum Gasteiger partial charge on any atom is 0.416 e. The van der Waals surface area contributed by atoms with Crippen molar-refractivity contribution in [3.8, 4) is 0 Å². The predicted octanol–water partition coefficient (Wildman–Crippen LogP) is 4.22. The Labute approximate surface area is 171 Å². The number of rotatable bonds is 5. The standard InChI is InChI=1S/C21H21F3N2O2S/c22-21(23,24)16-7-4-8-18(13-16)29-14-19(27)26-11-9-17(10-12-26)25-20(28)15-5-2-1-3-6-15/h1-8,13,17H,9-12,14H2,(H,25,28). The van der Waals surface area contributed by atoms with E-state index in [1.807, 2.05) is 6.07 Å². The number of benzene rings is 2. The topological polar surface area (TPSA) is 49.4 Å². The molecule has 1 saturated heterocycles. The predicted molar refractivity (Wildman–Crippen MR) is 106 cm³/mol. The second-order valence-corrected chi connectivity index (χ2v) is 7.86. The average molecular weight is 422 g/mol. The summed E-state index contributed by atoms with van der Waals surface area (Å²) in [7, 11) is 0. The zero-order valence-corrected chi connectivity index (χ0v) is 16.4. The first-order valence-corrected chi connectivity index (χ1v) is 10.3. The Morgan fingerprint density at radius 1 is 1.03 bits per heavy atom. The summed E-state index contributed by atoms with van der Waals surface area (Å²) in [4.78, 5) is 26.7. The summed E-state index contributed by atoms with van der Waals surface area (Å²) in [6, 6.07) is 13.9. The molecule has 1 N–H and O–H groups in total. The van der Waals surface area contributed by atoms with Gasteiger partial charge in [0.1, 0.15) is 0 Å². The highest BCUT2D eigenvalue weighted by molar-refractivity contribution is 8.00. The number of nitrogens with one attached hydrogen (secondary N) is 1. The summed E-state index contributed by atoms with van der Waals surface area (Å²) < 4.78 is 38.3. The molecule has 0 aliphatic carbocycles. The van der Waals surface area contributed by atoms with Crippen molar-refractivity contribution >= 4 is 23.6 Å². The normalized spacial score (nSPS) is 15.2. The molecule has 0 radical (unpaired) electrons. The first-order chi connectivity index (χ1) is 13.8. The van der Waals surface area contributed by atoms with Gasteiger partial charge in [-0.25, -0.2) is 0 Å². The van der Waals surface area contributed by atoms with Crippen LogP contribution in [-0.2, 0) is 11.0 Å². The van der Waals surface area contributed by atoms with Crippen molar-refractivity contribution in [1.82, 2.24) is 10.2 Å². The molecule has 0 atom stereocenters. The van der Waals surface area contributed by atoms with E-state index < -0.39 is 11.7 Å². The Balaban J connectivity index is 1.45. The molecule has 0 saturated carbocycles. The van der Waals surface area contributed by atoms with Gasteiger partial charge in [-0.15, -0.1) is 11.8 Å². The molecule has 154 valence electrons. The van der Waals surface area contributed by atoms with E-state index in [0.717, 1.165) is 23.9 Å². The molecule has 1 heterocycles. The van der Waals surface area contributed by atoms with Crippen molar-refractivity contribution in [3.63, 3.8) is 0 Å². The van der Waals surface area contributed by atoms with Crippen LogP contribution < -0.4 is 5.32 Å². The summed E-state index contributed by atoms with van der Waals surface area (Å²) in [5, 5.41) is 2.98. The molecule has 1 fully saturated rings. The first kappa shape index (κ1) is 21.2. The van der Waals surface area contributed by atoms with Crippen LogP contribution in [0.2, 0.25) is 0 Å². The van der Waals surface area contributed by atoms with Crippen molar-refractivity contribution < 1.29 is 22.8 Å². The molecule has 1 aliphatic rings. The molecule has 4 nitrogen and oxygen atoms in total. The maximum atomic E-state index is 12.8. The summed E-state index contributed by atoms with van der Waals surface area (Å²) in [5.74, 6) is -0.154. The number of halogens is 3. The smallest absolute Gasteiger partial charge is 0.349 e. The van der Waals surface area contributed by atoms with Crippen molar-refractivity contribution in [2.24, 2.45) is 0 Å². The third-order valence-electron chi connectivity index (χ3n) is 4.74. The quantitative estimate of drug-likeness (QED) is 0.734. The Kier molecular flexibility index (Phi) is 6.84. The fourth-order valence-electron chi connectivity index (χ4n) is 3.13. The van der Waals surface area contributed by atoms with Gasteiger partial charge in [-0.3, -0.25) is 9.59 Å². The lowest BCUT2D eigenvalue weighted by Gasteiger charge is -2.32. The van der Waals surface area contributed by atoms with Gasteiger partial charge in [0, 0.05) is 29.6 Å². The fraction of sp³-hybridized carbons (Fsp3) is 0.333. The Bertz CT molecular complexity index is 851. The van der Waals surface area contributed by atoms with Gasteiger partial charge in [-0.1, -0.05) is 24.3 Å². The highest BCUT2D eigenvalue weighted by Gasteiger charge is 2.30. The Morgan fingerprint density at radius 2 is 1.72 bits per heavy atom. The molecule has 2 aromatic carbocycles. The van der Waals surface area contributed by atoms with Crippen LogP contribution in [0.4, 0.5) is 13.2 Å². The molecule has 1 aliphatic heterocycles. The van der Waals surface area contributed by atoms with Crippen LogP contribution in [-0.4, -0.2) is 41.6 Å². The SMILES string of the molecule is O=C(NC1CCN(C(=O)CSc2cccc(C(F)(F)F)c2)CC1)c1ccccc1. The van der Waals surface area contributed by atoms with E-state index in [2.05, 4.69) is 5.32 Å². The minimum absolute atomic E-state index is 0.00266. The monoisotopic (exact) mass is 422 g/mol. The molecule has 3 rings (SSSR count). The van der Waals surface area contributed by atoms with Crippen LogP contribution in [0.1, 0.15) is 28.8 Å². The lowest BCUT2D eigenvalue weighted by Crippen LogP contribution is -2.47. The number of nitrogens with zero attached hydrogens (tertiary/aromatic N) is 1. The van der Waals surface area contributed by atoms with Gasteiger partial charge < -0.3 is 10.2 Å². The van der Waals surface area contributed by atoms with Gasteiger partial charge in [0.25, 0.3) is 5.91 Å². The number of piperidine rings is 1. The number of carbonyl (C=O) groups excluding carboxylic acids is 2. The van der Waals surface area contributed by atoms with E-state index in [4.69, 9.17) is 0 Å². The Hall–Kier alpha value is -2.48. The van der Waals surface area contributed by atoms with E-state index in [-0.39, 0.29) is 23.6 Å². The zero-order chi connectivity index (χ0) is 20.9. The molecule has 0 bridgehead atoms. The van der Waals surface area contributed by atoms with Gasteiger partial charge >= 0.3 is 6.18 Å². The average Bonchev–Trinajstić information content (AvgIpc) is 2.73. The van der Waals surface area contributed by atoms with Crippen molar-refractivity contribution in [2.75, 3.05) is 18.8 Å². The highest BCUT2D eigenvalue weighted by atomic mass is 32.2. The van der Waals surface area contributed by atoms with E-state index in [1.54, 1.807) is 35.2 Å². The number of carbonyl (C=O) groups is 2. The number of amides is 2. The largest absolute Gasteiger partial charge is 0.416 e. The minimum atomic E-state index is -4.40. The number of hydrogen-bond acceptors (Lipinski definition) is 3. The first-order valence-electron chi connectivity index (χ1n) is 9.26. The molecule has 8 heteroatoms. The molecule has 0 aromatic heterocycles. The number of hydrogen-bond donors (Lipinski definition) is 1. The third kappa shape index (κ3) is 6.00. The number of alkyl halides is 3. The van der Waals surface area contributed by atoms with E-state index >= 15 is 0 Å². The molecular weight excluding hydrogens is 401 g/mol. The summed E-state index contributed by atoms with van der Waals surface area (Å²) in [6.45, 7) is 1.03. The molecule has 0 unspecified atom stereocenters. The van der Waals surface area contributed by atoms with Crippen LogP contribution >= 0.6 is 11.8 Å². The van der Waals surface area contributed by atoms with Crippen LogP contribution in [0.15, 0.2) is 59.5 Å². The molecular formula is C21H21F3N2O2S. The molecule has 2 amide bonds. The van der Waals surface area contributed by atoms with Gasteiger partial charge in [0.15, 0.2) is 0 Å². The molecule has 0 spiro atoms. The van der Waals surface area contributed by atoms with Crippen LogP contribution in [0.3, 0.4) is 0 Å². The van der Waals surface area contributed by atoms with E-state index in [1.165, 1.54) is 6.07 Å². The zero-order valence-electron chi connectivity index (χ0n) is 15.6. The maximum absolute atomic E-state index is 12.8. The summed E-state index contributed by atoms with van der Waals surface area (Å²) in [5.41, 5.74) is -0.117. The molecule has 2 aromatic rings. The summed E-state index contributed by atoms with van der Waals surface area (Å²) >= 11 is 1.10. The van der Waals surface area contributed by atoms with Crippen LogP contribution in [0.25, 0.3) is 0 Å². The second-order valence-electron chi connectivity index (χ2n) is 6.81. The van der Waals surface area contributed by atoms with E-state index in [9.17, 15) is 22.8 Å². The van der Waals surface area contributed by atoms with Crippen LogP contribution in [0, 0.1) is 0 Å². The fourth-order valence-corrected chi connectivity index (χ4v) is 3.99.